The van der Waals surface area contributed by atoms with Gasteiger partial charge in [0.15, 0.2) is 0 Å². The number of hydrogen-bond donors (Lipinski definition) is 2. The van der Waals surface area contributed by atoms with Crippen LogP contribution in [-0.2, 0) is 0 Å². The molecular weight excluding hydrogens is 150 g/mol. The largest absolute Gasteiger partial charge is 0.388 e. The maximum absolute atomic E-state index is 10.3. The Morgan fingerprint density at radius 3 is 2.50 bits per heavy atom. The first-order valence-electron chi connectivity index (χ1n) is 5.24. The molecular formula is C10H19NO. The van der Waals surface area contributed by atoms with Gasteiger partial charge in [-0.1, -0.05) is 12.8 Å². The van der Waals surface area contributed by atoms with Crippen LogP contribution in [0.5, 0.6) is 0 Å². The van der Waals surface area contributed by atoms with Crippen LogP contribution in [0.1, 0.15) is 38.5 Å². The first-order valence-corrected chi connectivity index (χ1v) is 5.24. The molecule has 2 nitrogen and oxygen atoms in total. The minimum atomic E-state index is -0.352. The van der Waals surface area contributed by atoms with Crippen molar-refractivity contribution in [2.45, 2.75) is 44.1 Å². The van der Waals surface area contributed by atoms with Crippen LogP contribution in [0, 0.1) is 5.92 Å². The molecule has 0 aromatic rings. The molecule has 2 aliphatic rings. The van der Waals surface area contributed by atoms with Crippen molar-refractivity contribution in [1.29, 1.82) is 0 Å². The topological polar surface area (TPSA) is 32.3 Å². The van der Waals surface area contributed by atoms with Crippen molar-refractivity contribution in [3.63, 3.8) is 0 Å². The van der Waals surface area contributed by atoms with Gasteiger partial charge in [0.1, 0.15) is 0 Å². The van der Waals surface area contributed by atoms with Crippen molar-refractivity contribution in [3.8, 4) is 0 Å². The fourth-order valence-electron chi connectivity index (χ4n) is 2.72. The summed E-state index contributed by atoms with van der Waals surface area (Å²) >= 11 is 0. The number of hydrogen-bond acceptors (Lipinski definition) is 2. The second kappa shape index (κ2) is 3.35. The third-order valence-corrected chi connectivity index (χ3v) is 3.51. The third kappa shape index (κ3) is 1.50. The molecule has 1 unspecified atom stereocenters. The zero-order chi connectivity index (χ0) is 8.44. The van der Waals surface area contributed by atoms with Gasteiger partial charge in [-0.15, -0.1) is 0 Å². The smallest absolute Gasteiger partial charge is 0.0800 e. The number of nitrogens with one attached hydrogen (secondary N) is 1. The van der Waals surface area contributed by atoms with E-state index in [0.717, 1.165) is 25.9 Å². The zero-order valence-electron chi connectivity index (χ0n) is 7.68. The first-order chi connectivity index (χ1) is 5.81. The second-order valence-corrected chi connectivity index (χ2v) is 4.37. The van der Waals surface area contributed by atoms with Crippen molar-refractivity contribution in [1.82, 2.24) is 5.32 Å². The average Bonchev–Trinajstić information content (AvgIpc) is 2.58. The maximum atomic E-state index is 10.3. The highest BCUT2D eigenvalue weighted by Crippen LogP contribution is 2.37. The molecule has 2 N–H and O–H groups in total. The standard InChI is InChI=1S/C10H19NO/c12-10(6-3-7-11-8-10)9-4-1-2-5-9/h9,11-12H,1-8H2. The van der Waals surface area contributed by atoms with Crippen LogP contribution in [0.3, 0.4) is 0 Å². The molecule has 1 heterocycles. The van der Waals surface area contributed by atoms with Crippen molar-refractivity contribution < 1.29 is 5.11 Å². The van der Waals surface area contributed by atoms with Gasteiger partial charge in [-0.25, -0.2) is 0 Å². The summed E-state index contributed by atoms with van der Waals surface area (Å²) in [7, 11) is 0. The van der Waals surface area contributed by atoms with E-state index in [0.29, 0.717) is 5.92 Å². The van der Waals surface area contributed by atoms with Crippen LogP contribution >= 0.6 is 0 Å². The van der Waals surface area contributed by atoms with Crippen molar-refractivity contribution in [2.24, 2.45) is 5.92 Å². The Balaban J connectivity index is 1.97. The van der Waals surface area contributed by atoms with Crippen molar-refractivity contribution in [3.05, 3.63) is 0 Å². The van der Waals surface area contributed by atoms with E-state index >= 15 is 0 Å². The average molecular weight is 169 g/mol. The Morgan fingerprint density at radius 2 is 1.92 bits per heavy atom. The Hall–Kier alpha value is -0.0800. The van der Waals surface area contributed by atoms with E-state index < -0.39 is 0 Å². The first kappa shape index (κ1) is 8.52. The van der Waals surface area contributed by atoms with Crippen LogP contribution in [-0.4, -0.2) is 23.8 Å². The van der Waals surface area contributed by atoms with E-state index in [2.05, 4.69) is 5.32 Å². The molecule has 1 aliphatic heterocycles. The molecule has 0 amide bonds. The van der Waals surface area contributed by atoms with Crippen molar-refractivity contribution in [2.75, 3.05) is 13.1 Å². The second-order valence-electron chi connectivity index (χ2n) is 4.37. The summed E-state index contributed by atoms with van der Waals surface area (Å²) in [5.74, 6) is 0.588. The predicted octanol–water partition coefficient (Wildman–Crippen LogP) is 1.29. The zero-order valence-corrected chi connectivity index (χ0v) is 7.68. The number of rotatable bonds is 1. The minimum absolute atomic E-state index is 0.352. The highest BCUT2D eigenvalue weighted by atomic mass is 16.3. The summed E-state index contributed by atoms with van der Waals surface area (Å²) < 4.78 is 0. The predicted molar refractivity (Wildman–Crippen MR) is 49.0 cm³/mol. The summed E-state index contributed by atoms with van der Waals surface area (Å²) in [5.41, 5.74) is -0.352. The fraction of sp³-hybridized carbons (Fsp3) is 1.00. The Labute approximate surface area is 74.4 Å². The van der Waals surface area contributed by atoms with E-state index in [4.69, 9.17) is 0 Å². The molecule has 0 aromatic heterocycles. The molecule has 1 atom stereocenters. The molecule has 1 saturated heterocycles. The van der Waals surface area contributed by atoms with Gasteiger partial charge in [0, 0.05) is 6.54 Å². The lowest BCUT2D eigenvalue weighted by Gasteiger charge is -2.37. The molecule has 0 bridgehead atoms. The Kier molecular flexibility index (Phi) is 2.37. The lowest BCUT2D eigenvalue weighted by molar-refractivity contribution is -0.0353. The lowest BCUT2D eigenvalue weighted by Crippen LogP contribution is -2.50. The SMILES string of the molecule is OC1(C2CCCC2)CCCNC1. The quantitative estimate of drug-likeness (QED) is 0.620. The summed E-state index contributed by atoms with van der Waals surface area (Å²) in [5, 5.41) is 13.6. The fourth-order valence-corrected chi connectivity index (χ4v) is 2.72. The van der Waals surface area contributed by atoms with E-state index in [-0.39, 0.29) is 5.60 Å². The lowest BCUT2D eigenvalue weighted by atomic mass is 9.80. The van der Waals surface area contributed by atoms with Gasteiger partial charge in [-0.2, -0.15) is 0 Å². The molecule has 0 aromatic carbocycles. The molecule has 70 valence electrons. The van der Waals surface area contributed by atoms with Crippen molar-refractivity contribution >= 4 is 0 Å². The highest BCUT2D eigenvalue weighted by molar-refractivity contribution is 4.93. The number of piperidine rings is 1. The van der Waals surface area contributed by atoms with Crippen LogP contribution < -0.4 is 5.32 Å². The van der Waals surface area contributed by atoms with Crippen LogP contribution in [0.4, 0.5) is 0 Å². The molecule has 0 spiro atoms. The minimum Gasteiger partial charge on any atom is -0.388 e. The number of aliphatic hydroxyl groups is 1. The molecule has 2 fully saturated rings. The van der Waals surface area contributed by atoms with Gasteiger partial charge in [0.05, 0.1) is 5.60 Å². The molecule has 2 rings (SSSR count). The Morgan fingerprint density at radius 1 is 1.17 bits per heavy atom. The highest BCUT2D eigenvalue weighted by Gasteiger charge is 2.38. The van der Waals surface area contributed by atoms with E-state index in [1.165, 1.54) is 25.7 Å². The monoisotopic (exact) mass is 169 g/mol. The molecule has 1 aliphatic carbocycles. The maximum Gasteiger partial charge on any atom is 0.0800 e. The van der Waals surface area contributed by atoms with Gasteiger partial charge < -0.3 is 10.4 Å². The molecule has 2 heteroatoms. The van der Waals surface area contributed by atoms with E-state index in [1.54, 1.807) is 0 Å². The summed E-state index contributed by atoms with van der Waals surface area (Å²) in [6.07, 6.45) is 7.31. The van der Waals surface area contributed by atoms with E-state index in [9.17, 15) is 5.11 Å². The molecule has 12 heavy (non-hydrogen) atoms. The molecule has 0 radical (unpaired) electrons. The summed E-state index contributed by atoms with van der Waals surface area (Å²) in [4.78, 5) is 0. The van der Waals surface area contributed by atoms with Crippen LogP contribution in [0.2, 0.25) is 0 Å². The van der Waals surface area contributed by atoms with Crippen LogP contribution in [0.15, 0.2) is 0 Å². The molecule has 1 saturated carbocycles. The van der Waals surface area contributed by atoms with Gasteiger partial charge in [-0.05, 0) is 38.1 Å². The normalized spacial score (nSPS) is 38.8. The van der Waals surface area contributed by atoms with Gasteiger partial charge >= 0.3 is 0 Å². The van der Waals surface area contributed by atoms with E-state index in [1.807, 2.05) is 0 Å². The third-order valence-electron chi connectivity index (χ3n) is 3.51. The van der Waals surface area contributed by atoms with Gasteiger partial charge in [0.2, 0.25) is 0 Å². The summed E-state index contributed by atoms with van der Waals surface area (Å²) in [6, 6.07) is 0. The van der Waals surface area contributed by atoms with Gasteiger partial charge in [0.25, 0.3) is 0 Å². The Bertz CT molecular complexity index is 146. The van der Waals surface area contributed by atoms with Crippen LogP contribution in [0.25, 0.3) is 0 Å². The number of β-amino-alcohol motifs (C(OH)–C–C–N with tert-alkyl or cyclic N) is 1. The van der Waals surface area contributed by atoms with Gasteiger partial charge in [-0.3, -0.25) is 0 Å². The summed E-state index contributed by atoms with van der Waals surface area (Å²) in [6.45, 7) is 1.92.